The zero-order valence-electron chi connectivity index (χ0n) is 19.4. The summed E-state index contributed by atoms with van der Waals surface area (Å²) in [5.74, 6) is 0. The van der Waals surface area contributed by atoms with Crippen molar-refractivity contribution in [3.63, 3.8) is 0 Å². The molecular weight excluding hydrogens is 416 g/mol. The van der Waals surface area contributed by atoms with E-state index in [0.29, 0.717) is 0 Å². The summed E-state index contributed by atoms with van der Waals surface area (Å²) in [6, 6.07) is 33.7. The van der Waals surface area contributed by atoms with Crippen molar-refractivity contribution in [3.8, 4) is 0 Å². The molecule has 0 aliphatic rings. The van der Waals surface area contributed by atoms with Crippen LogP contribution in [0.4, 0.5) is 11.4 Å². The first-order chi connectivity index (χ1) is 16.7. The van der Waals surface area contributed by atoms with Crippen molar-refractivity contribution in [1.82, 2.24) is 9.97 Å². The predicted octanol–water partition coefficient (Wildman–Crippen LogP) is 6.66. The average Bonchev–Trinajstić information content (AvgIpc) is 2.88. The molecule has 0 atom stereocenters. The summed E-state index contributed by atoms with van der Waals surface area (Å²) in [7, 11) is 4.37. The van der Waals surface area contributed by atoms with Crippen molar-refractivity contribution in [1.29, 1.82) is 0 Å². The molecule has 6 aromatic rings. The van der Waals surface area contributed by atoms with Crippen molar-refractivity contribution < 1.29 is 0 Å². The van der Waals surface area contributed by atoms with Crippen LogP contribution in [0.15, 0.2) is 97.1 Å². The fourth-order valence-electron chi connectivity index (χ4n) is 4.98. The molecule has 0 saturated heterocycles. The van der Waals surface area contributed by atoms with Crippen LogP contribution in [0.1, 0.15) is 0 Å². The van der Waals surface area contributed by atoms with E-state index in [2.05, 4.69) is 121 Å². The molecule has 0 radical (unpaired) electrons. The number of benzene rings is 4. The molecule has 4 heteroatoms. The third-order valence-corrected chi connectivity index (χ3v) is 6.65. The second kappa shape index (κ2) is 8.31. The van der Waals surface area contributed by atoms with Gasteiger partial charge in [-0.2, -0.15) is 0 Å². The van der Waals surface area contributed by atoms with Crippen LogP contribution in [-0.4, -0.2) is 37.2 Å². The Morgan fingerprint density at radius 2 is 0.706 bits per heavy atom. The van der Waals surface area contributed by atoms with Gasteiger partial charge in [-0.05, 0) is 24.3 Å². The standard InChI is InChI=1S/C30H26N4/c1-33(29-21-11-3-7-15-25(21)31-26-16-8-4-12-22(26)29)19-20-34(2)30-23-13-5-9-17-27(23)32-28-18-10-6-14-24(28)30/h3-18H,19-20H2,1-2H3. The first kappa shape index (κ1) is 20.4. The van der Waals surface area contributed by atoms with Crippen LogP contribution in [0.3, 0.4) is 0 Å². The number of para-hydroxylation sites is 4. The lowest BCUT2D eigenvalue weighted by atomic mass is 10.1. The van der Waals surface area contributed by atoms with Crippen molar-refractivity contribution in [3.05, 3.63) is 97.1 Å². The van der Waals surface area contributed by atoms with Crippen LogP contribution in [0, 0.1) is 0 Å². The Morgan fingerprint density at radius 3 is 1.00 bits per heavy atom. The Balaban J connectivity index is 1.39. The molecule has 6 rings (SSSR count). The second-order valence-corrected chi connectivity index (χ2v) is 8.83. The molecule has 0 unspecified atom stereocenters. The van der Waals surface area contributed by atoms with E-state index in [1.807, 2.05) is 0 Å². The average molecular weight is 443 g/mol. The Hall–Kier alpha value is -4.18. The van der Waals surface area contributed by atoms with Gasteiger partial charge in [-0.3, -0.25) is 0 Å². The lowest BCUT2D eigenvalue weighted by Crippen LogP contribution is -2.31. The van der Waals surface area contributed by atoms with Crippen molar-refractivity contribution in [2.75, 3.05) is 37.0 Å². The molecule has 0 aliphatic heterocycles. The molecule has 0 bridgehead atoms. The highest BCUT2D eigenvalue weighted by atomic mass is 15.2. The van der Waals surface area contributed by atoms with E-state index < -0.39 is 0 Å². The van der Waals surface area contributed by atoms with Crippen molar-refractivity contribution >= 4 is 55.0 Å². The quantitative estimate of drug-likeness (QED) is 0.279. The number of fused-ring (bicyclic) bond motifs is 4. The number of rotatable bonds is 5. The van der Waals surface area contributed by atoms with Gasteiger partial charge in [0, 0.05) is 48.7 Å². The fourth-order valence-corrected chi connectivity index (χ4v) is 4.98. The number of anilines is 2. The lowest BCUT2D eigenvalue weighted by Gasteiger charge is -2.28. The van der Waals surface area contributed by atoms with Crippen LogP contribution in [0.5, 0.6) is 0 Å². The van der Waals surface area contributed by atoms with Gasteiger partial charge in [-0.1, -0.05) is 72.8 Å². The van der Waals surface area contributed by atoms with Crippen LogP contribution >= 0.6 is 0 Å². The van der Waals surface area contributed by atoms with E-state index in [4.69, 9.17) is 9.97 Å². The molecule has 0 spiro atoms. The lowest BCUT2D eigenvalue weighted by molar-refractivity contribution is 0.841. The minimum Gasteiger partial charge on any atom is -0.372 e. The van der Waals surface area contributed by atoms with Crippen LogP contribution in [-0.2, 0) is 0 Å². The molecule has 0 N–H and O–H groups in total. The van der Waals surface area contributed by atoms with Crippen LogP contribution in [0.25, 0.3) is 43.6 Å². The minimum atomic E-state index is 0.874. The number of likely N-dealkylation sites (N-methyl/N-ethyl adjacent to an activating group) is 2. The number of hydrogen-bond donors (Lipinski definition) is 0. The first-order valence-electron chi connectivity index (χ1n) is 11.7. The second-order valence-electron chi connectivity index (χ2n) is 8.83. The maximum Gasteiger partial charge on any atom is 0.0730 e. The monoisotopic (exact) mass is 442 g/mol. The topological polar surface area (TPSA) is 32.3 Å². The third-order valence-electron chi connectivity index (χ3n) is 6.65. The SMILES string of the molecule is CN(CCN(C)c1c2ccccc2nc2ccccc12)c1c2ccccc2nc2ccccc12. The van der Waals surface area contributed by atoms with Crippen molar-refractivity contribution in [2.45, 2.75) is 0 Å². The van der Waals surface area contributed by atoms with Gasteiger partial charge in [0.15, 0.2) is 0 Å². The Kier molecular flexibility index (Phi) is 4.99. The molecule has 4 aromatic carbocycles. The van der Waals surface area contributed by atoms with E-state index in [1.165, 1.54) is 32.9 Å². The number of aromatic nitrogens is 2. The smallest absolute Gasteiger partial charge is 0.0730 e. The first-order valence-corrected chi connectivity index (χ1v) is 11.7. The number of hydrogen-bond acceptors (Lipinski definition) is 4. The highest BCUT2D eigenvalue weighted by Gasteiger charge is 2.16. The van der Waals surface area contributed by atoms with Gasteiger partial charge in [0.05, 0.1) is 33.4 Å². The molecule has 0 saturated carbocycles. The zero-order chi connectivity index (χ0) is 23.1. The summed E-state index contributed by atoms with van der Waals surface area (Å²) in [5.41, 5.74) is 6.59. The number of nitrogens with zero attached hydrogens (tertiary/aromatic N) is 4. The van der Waals surface area contributed by atoms with Gasteiger partial charge < -0.3 is 9.80 Å². The third kappa shape index (κ3) is 3.39. The molecule has 0 fully saturated rings. The van der Waals surface area contributed by atoms with E-state index >= 15 is 0 Å². The summed E-state index contributed by atoms with van der Waals surface area (Å²) in [5, 5.41) is 4.75. The summed E-state index contributed by atoms with van der Waals surface area (Å²) >= 11 is 0. The summed E-state index contributed by atoms with van der Waals surface area (Å²) in [6.07, 6.45) is 0. The summed E-state index contributed by atoms with van der Waals surface area (Å²) in [6.45, 7) is 1.75. The van der Waals surface area contributed by atoms with E-state index in [9.17, 15) is 0 Å². The normalized spacial score (nSPS) is 11.5. The Labute approximate surface area is 199 Å². The molecular formula is C30H26N4. The van der Waals surface area contributed by atoms with Crippen LogP contribution in [0.2, 0.25) is 0 Å². The molecule has 4 nitrogen and oxygen atoms in total. The Morgan fingerprint density at radius 1 is 0.441 bits per heavy atom. The largest absolute Gasteiger partial charge is 0.372 e. The van der Waals surface area contributed by atoms with Gasteiger partial charge in [0.1, 0.15) is 0 Å². The zero-order valence-corrected chi connectivity index (χ0v) is 19.4. The molecule has 34 heavy (non-hydrogen) atoms. The van der Waals surface area contributed by atoms with Gasteiger partial charge >= 0.3 is 0 Å². The fraction of sp³-hybridized carbons (Fsp3) is 0.133. The number of pyridine rings is 2. The van der Waals surface area contributed by atoms with E-state index in [-0.39, 0.29) is 0 Å². The maximum absolute atomic E-state index is 4.89. The molecule has 2 heterocycles. The van der Waals surface area contributed by atoms with E-state index in [0.717, 1.165) is 35.2 Å². The van der Waals surface area contributed by atoms with Gasteiger partial charge in [-0.25, -0.2) is 9.97 Å². The van der Waals surface area contributed by atoms with E-state index in [1.54, 1.807) is 0 Å². The van der Waals surface area contributed by atoms with Gasteiger partial charge in [0.25, 0.3) is 0 Å². The summed E-state index contributed by atoms with van der Waals surface area (Å²) < 4.78 is 0. The Bertz CT molecular complexity index is 1420. The van der Waals surface area contributed by atoms with Gasteiger partial charge in [0.2, 0.25) is 0 Å². The molecule has 0 amide bonds. The maximum atomic E-state index is 4.89. The molecule has 2 aromatic heterocycles. The minimum absolute atomic E-state index is 0.874. The van der Waals surface area contributed by atoms with Crippen LogP contribution < -0.4 is 9.80 Å². The molecule has 166 valence electrons. The van der Waals surface area contributed by atoms with Crippen molar-refractivity contribution in [2.24, 2.45) is 0 Å². The summed E-state index contributed by atoms with van der Waals surface area (Å²) in [4.78, 5) is 14.5. The highest BCUT2D eigenvalue weighted by Crippen LogP contribution is 2.35. The predicted molar refractivity (Wildman–Crippen MR) is 145 cm³/mol. The van der Waals surface area contributed by atoms with Gasteiger partial charge in [-0.15, -0.1) is 0 Å². The molecule has 0 aliphatic carbocycles. The highest BCUT2D eigenvalue weighted by molar-refractivity contribution is 6.09.